The maximum absolute atomic E-state index is 13.1. The second kappa shape index (κ2) is 7.36. The molecule has 1 saturated carbocycles. The van der Waals surface area contributed by atoms with Crippen LogP contribution in [0.4, 0.5) is 4.39 Å². The molecule has 1 amide bonds. The minimum absolute atomic E-state index is 0.0844. The zero-order chi connectivity index (χ0) is 17.9. The van der Waals surface area contributed by atoms with E-state index in [1.165, 1.54) is 12.1 Å². The fourth-order valence-corrected chi connectivity index (χ4v) is 3.75. The van der Waals surface area contributed by atoms with Crippen molar-refractivity contribution in [3.63, 3.8) is 0 Å². The maximum atomic E-state index is 13.1. The van der Waals surface area contributed by atoms with Gasteiger partial charge in [0.25, 0.3) is 0 Å². The van der Waals surface area contributed by atoms with Gasteiger partial charge in [-0.05, 0) is 48.2 Å². The van der Waals surface area contributed by atoms with Crippen molar-refractivity contribution in [3.05, 3.63) is 59.4 Å². The molecule has 1 heterocycles. The van der Waals surface area contributed by atoms with Gasteiger partial charge in [0.05, 0.1) is 6.42 Å². The predicted octanol–water partition coefficient (Wildman–Crippen LogP) is 4.07. The monoisotopic (exact) mass is 355 g/mol. The Balaban J connectivity index is 1.52. The van der Waals surface area contributed by atoms with Crippen LogP contribution in [0.3, 0.4) is 0 Å². The lowest BCUT2D eigenvalue weighted by molar-refractivity contribution is -0.133. The van der Waals surface area contributed by atoms with Crippen molar-refractivity contribution in [1.82, 2.24) is 4.90 Å². The van der Waals surface area contributed by atoms with Crippen LogP contribution in [0.25, 0.3) is 0 Å². The summed E-state index contributed by atoms with van der Waals surface area (Å²) in [5.41, 5.74) is 1.87. The molecule has 0 spiro atoms. The molecule has 0 saturated heterocycles. The highest BCUT2D eigenvalue weighted by Crippen LogP contribution is 2.34. The van der Waals surface area contributed by atoms with E-state index in [4.69, 9.17) is 9.47 Å². The number of carbonyl (C=O) groups is 1. The number of hydrogen-bond donors (Lipinski definition) is 0. The normalized spacial score (nSPS) is 16.0. The van der Waals surface area contributed by atoms with Gasteiger partial charge in [0.15, 0.2) is 11.5 Å². The van der Waals surface area contributed by atoms with Gasteiger partial charge in [0, 0.05) is 12.6 Å². The third kappa shape index (κ3) is 3.66. The van der Waals surface area contributed by atoms with Crippen LogP contribution in [-0.4, -0.2) is 23.6 Å². The lowest BCUT2D eigenvalue weighted by Crippen LogP contribution is -2.39. The Morgan fingerprint density at radius 1 is 1.00 bits per heavy atom. The molecule has 5 heteroatoms. The van der Waals surface area contributed by atoms with Gasteiger partial charge in [-0.2, -0.15) is 0 Å². The first-order valence-electron chi connectivity index (χ1n) is 9.11. The fourth-order valence-electron chi connectivity index (χ4n) is 3.75. The van der Waals surface area contributed by atoms with Crippen molar-refractivity contribution in [1.29, 1.82) is 0 Å². The first kappa shape index (κ1) is 16.9. The summed E-state index contributed by atoms with van der Waals surface area (Å²) in [6.45, 7) is 0.802. The SMILES string of the molecule is O=C(Cc1ccc(F)cc1)N(Cc1ccc2c(c1)OCO2)C1CCCC1. The molecule has 4 nitrogen and oxygen atoms in total. The van der Waals surface area contributed by atoms with Crippen molar-refractivity contribution in [2.75, 3.05) is 6.79 Å². The molecule has 2 aromatic rings. The molecule has 0 unspecified atom stereocenters. The predicted molar refractivity (Wildman–Crippen MR) is 95.5 cm³/mol. The molecule has 0 atom stereocenters. The standard InChI is InChI=1S/C21H22FNO3/c22-17-8-5-15(6-9-17)12-21(24)23(18-3-1-2-4-18)13-16-7-10-19-20(11-16)26-14-25-19/h5-11,18H,1-4,12-14H2. The summed E-state index contributed by atoms with van der Waals surface area (Å²) in [4.78, 5) is 15.0. The third-order valence-electron chi connectivity index (χ3n) is 5.14. The van der Waals surface area contributed by atoms with Crippen molar-refractivity contribution in [2.45, 2.75) is 44.7 Å². The molecular formula is C21H22FNO3. The van der Waals surface area contributed by atoms with E-state index in [1.807, 2.05) is 23.1 Å². The van der Waals surface area contributed by atoms with Gasteiger partial charge >= 0.3 is 0 Å². The lowest BCUT2D eigenvalue weighted by atomic mass is 10.1. The minimum atomic E-state index is -0.283. The van der Waals surface area contributed by atoms with E-state index < -0.39 is 0 Å². The molecule has 1 aliphatic carbocycles. The second-order valence-corrected chi connectivity index (χ2v) is 6.95. The molecule has 2 aromatic carbocycles. The van der Waals surface area contributed by atoms with Gasteiger partial charge in [-0.25, -0.2) is 4.39 Å². The molecule has 0 radical (unpaired) electrons. The summed E-state index contributed by atoms with van der Waals surface area (Å²) in [5.74, 6) is 1.29. The van der Waals surface area contributed by atoms with Gasteiger partial charge in [-0.15, -0.1) is 0 Å². The Hall–Kier alpha value is -2.56. The van der Waals surface area contributed by atoms with Crippen molar-refractivity contribution in [3.8, 4) is 11.5 Å². The quantitative estimate of drug-likeness (QED) is 0.812. The number of fused-ring (bicyclic) bond motifs is 1. The highest BCUT2D eigenvalue weighted by molar-refractivity contribution is 5.79. The summed E-state index contributed by atoms with van der Waals surface area (Å²) in [5, 5.41) is 0. The smallest absolute Gasteiger partial charge is 0.231 e. The van der Waals surface area contributed by atoms with Crippen LogP contribution >= 0.6 is 0 Å². The molecule has 0 N–H and O–H groups in total. The second-order valence-electron chi connectivity index (χ2n) is 6.95. The number of halogens is 1. The Morgan fingerprint density at radius 2 is 1.69 bits per heavy atom. The number of benzene rings is 2. The van der Waals surface area contributed by atoms with E-state index >= 15 is 0 Å². The molecule has 136 valence electrons. The fraction of sp³-hybridized carbons (Fsp3) is 0.381. The molecule has 26 heavy (non-hydrogen) atoms. The molecule has 1 fully saturated rings. The van der Waals surface area contributed by atoms with Crippen LogP contribution in [0, 0.1) is 5.82 Å². The van der Waals surface area contributed by atoms with Crippen LogP contribution in [0.5, 0.6) is 11.5 Å². The van der Waals surface area contributed by atoms with Crippen LogP contribution in [0.2, 0.25) is 0 Å². The van der Waals surface area contributed by atoms with Crippen molar-refractivity contribution in [2.24, 2.45) is 0 Å². The maximum Gasteiger partial charge on any atom is 0.231 e. The summed E-state index contributed by atoms with van der Waals surface area (Å²) in [7, 11) is 0. The Kier molecular flexibility index (Phi) is 4.78. The molecule has 1 aliphatic heterocycles. The Morgan fingerprint density at radius 3 is 2.46 bits per heavy atom. The molecular weight excluding hydrogens is 333 g/mol. The minimum Gasteiger partial charge on any atom is -0.454 e. The molecule has 0 bridgehead atoms. The third-order valence-corrected chi connectivity index (χ3v) is 5.14. The van der Waals surface area contributed by atoms with E-state index in [-0.39, 0.29) is 24.6 Å². The van der Waals surface area contributed by atoms with E-state index in [2.05, 4.69) is 0 Å². The summed E-state index contributed by atoms with van der Waals surface area (Å²) >= 11 is 0. The first-order valence-corrected chi connectivity index (χ1v) is 9.11. The summed E-state index contributed by atoms with van der Waals surface area (Å²) in [6.07, 6.45) is 4.69. The molecule has 0 aromatic heterocycles. The van der Waals surface area contributed by atoms with Gasteiger partial charge in [0.1, 0.15) is 5.82 Å². The average Bonchev–Trinajstić information content (AvgIpc) is 3.32. The summed E-state index contributed by atoms with van der Waals surface area (Å²) in [6, 6.07) is 12.3. The number of rotatable bonds is 5. The van der Waals surface area contributed by atoms with E-state index in [1.54, 1.807) is 12.1 Å². The van der Waals surface area contributed by atoms with Gasteiger partial charge < -0.3 is 14.4 Å². The number of amides is 1. The highest BCUT2D eigenvalue weighted by atomic mass is 19.1. The zero-order valence-corrected chi connectivity index (χ0v) is 14.6. The first-order chi connectivity index (χ1) is 12.7. The number of ether oxygens (including phenoxy) is 2. The van der Waals surface area contributed by atoms with E-state index in [0.717, 1.165) is 48.3 Å². The Labute approximate surface area is 152 Å². The molecule has 2 aliphatic rings. The lowest BCUT2D eigenvalue weighted by Gasteiger charge is -2.29. The number of hydrogen-bond acceptors (Lipinski definition) is 3. The van der Waals surface area contributed by atoms with Gasteiger partial charge in [-0.1, -0.05) is 31.0 Å². The van der Waals surface area contributed by atoms with Crippen LogP contribution < -0.4 is 9.47 Å². The molecule has 4 rings (SSSR count). The van der Waals surface area contributed by atoms with Crippen molar-refractivity contribution < 1.29 is 18.7 Å². The van der Waals surface area contributed by atoms with E-state index in [0.29, 0.717) is 13.0 Å². The van der Waals surface area contributed by atoms with Crippen LogP contribution in [-0.2, 0) is 17.8 Å². The van der Waals surface area contributed by atoms with E-state index in [9.17, 15) is 9.18 Å². The largest absolute Gasteiger partial charge is 0.454 e. The van der Waals surface area contributed by atoms with Crippen LogP contribution in [0.1, 0.15) is 36.8 Å². The Bertz CT molecular complexity index is 784. The van der Waals surface area contributed by atoms with Crippen molar-refractivity contribution >= 4 is 5.91 Å². The topological polar surface area (TPSA) is 38.8 Å². The zero-order valence-electron chi connectivity index (χ0n) is 14.6. The van der Waals surface area contributed by atoms with Crippen LogP contribution in [0.15, 0.2) is 42.5 Å². The van der Waals surface area contributed by atoms with Gasteiger partial charge in [-0.3, -0.25) is 4.79 Å². The average molecular weight is 355 g/mol. The number of nitrogens with zero attached hydrogens (tertiary/aromatic N) is 1. The van der Waals surface area contributed by atoms with Gasteiger partial charge in [0.2, 0.25) is 12.7 Å². The number of carbonyl (C=O) groups excluding carboxylic acids is 1. The summed E-state index contributed by atoms with van der Waals surface area (Å²) < 4.78 is 23.9. The highest BCUT2D eigenvalue weighted by Gasteiger charge is 2.27.